The summed E-state index contributed by atoms with van der Waals surface area (Å²) in [5.41, 5.74) is 4.10. The van der Waals surface area contributed by atoms with Gasteiger partial charge in [0.05, 0.1) is 23.9 Å². The highest BCUT2D eigenvalue weighted by Crippen LogP contribution is 2.32. The number of carbonyl (C=O) groups excluding carboxylic acids is 2. The summed E-state index contributed by atoms with van der Waals surface area (Å²) in [5, 5.41) is 3.90. The molecule has 3 aromatic rings. The predicted molar refractivity (Wildman–Crippen MR) is 132 cm³/mol. The van der Waals surface area contributed by atoms with E-state index in [0.717, 1.165) is 9.87 Å². The number of rotatable bonds is 9. The first-order valence-corrected chi connectivity index (χ1v) is 12.0. The van der Waals surface area contributed by atoms with Crippen molar-refractivity contribution in [1.82, 2.24) is 5.43 Å². The van der Waals surface area contributed by atoms with Gasteiger partial charge in [0.2, 0.25) is 0 Å². The Morgan fingerprint density at radius 1 is 1.00 bits per heavy atom. The third-order valence-corrected chi connectivity index (χ3v) is 6.57. The van der Waals surface area contributed by atoms with Crippen LogP contribution in [-0.4, -0.2) is 40.2 Å². The van der Waals surface area contributed by atoms with Crippen molar-refractivity contribution < 1.29 is 27.5 Å². The van der Waals surface area contributed by atoms with E-state index in [9.17, 15) is 18.0 Å². The Morgan fingerprint density at radius 3 is 2.29 bits per heavy atom. The summed E-state index contributed by atoms with van der Waals surface area (Å²) in [5.74, 6) is -0.405. The zero-order valence-corrected chi connectivity index (χ0v) is 20.3. The first kappa shape index (κ1) is 25.4. The fraction of sp³-hybridized carbons (Fsp3) is 0.160. The lowest BCUT2D eigenvalue weighted by Crippen LogP contribution is -2.39. The van der Waals surface area contributed by atoms with Gasteiger partial charge in [0.1, 0.15) is 18.0 Å². The van der Waals surface area contributed by atoms with E-state index in [4.69, 9.17) is 9.47 Å². The highest BCUT2D eigenvalue weighted by Gasteiger charge is 2.29. The predicted octanol–water partition coefficient (Wildman–Crippen LogP) is 3.27. The zero-order valence-electron chi connectivity index (χ0n) is 19.5. The number of methoxy groups -OCH3 is 1. The normalized spacial score (nSPS) is 11.2. The summed E-state index contributed by atoms with van der Waals surface area (Å²) in [7, 11) is -2.67. The zero-order chi connectivity index (χ0) is 25.4. The number of esters is 1. The van der Waals surface area contributed by atoms with Crippen LogP contribution in [0.1, 0.15) is 18.1 Å². The quantitative estimate of drug-likeness (QED) is 0.211. The molecule has 3 rings (SSSR count). The molecule has 0 fully saturated rings. The van der Waals surface area contributed by atoms with Crippen molar-refractivity contribution in [3.8, 4) is 11.5 Å². The SMILES string of the molecule is COc1ccccc1N(CC(=O)N/N=C\c1ccc(OC(C)=O)cc1)S(=O)(=O)c1ccc(C)cc1. The Labute approximate surface area is 204 Å². The van der Waals surface area contributed by atoms with Gasteiger partial charge >= 0.3 is 5.97 Å². The lowest BCUT2D eigenvalue weighted by molar-refractivity contribution is -0.131. The molecular weight excluding hydrogens is 470 g/mol. The Balaban J connectivity index is 1.81. The topological polar surface area (TPSA) is 114 Å². The second-order valence-corrected chi connectivity index (χ2v) is 9.31. The molecule has 0 atom stereocenters. The molecule has 3 aromatic carbocycles. The smallest absolute Gasteiger partial charge is 0.308 e. The van der Waals surface area contributed by atoms with Crippen LogP contribution in [0.3, 0.4) is 0 Å². The van der Waals surface area contributed by atoms with E-state index in [2.05, 4.69) is 10.5 Å². The minimum atomic E-state index is -4.09. The van der Waals surface area contributed by atoms with Crippen LogP contribution < -0.4 is 19.2 Å². The number of hydrogen-bond donors (Lipinski definition) is 1. The second kappa shape index (κ2) is 11.3. The van der Waals surface area contributed by atoms with E-state index in [1.54, 1.807) is 60.7 Å². The number of aryl methyl sites for hydroxylation is 1. The standard InChI is InChI=1S/C25H25N3O6S/c1-18-8-14-22(15-9-18)35(31,32)28(23-6-4-5-7-24(23)33-3)17-25(30)27-26-16-20-10-12-21(13-11-20)34-19(2)29/h4-16H,17H2,1-3H3,(H,27,30)/b26-16-. The van der Waals surface area contributed by atoms with Gasteiger partial charge in [0.15, 0.2) is 0 Å². The van der Waals surface area contributed by atoms with Gasteiger partial charge in [0.25, 0.3) is 15.9 Å². The van der Waals surface area contributed by atoms with Crippen molar-refractivity contribution in [2.75, 3.05) is 18.0 Å². The molecule has 0 bridgehead atoms. The molecule has 35 heavy (non-hydrogen) atoms. The molecule has 10 heteroatoms. The van der Waals surface area contributed by atoms with Crippen molar-refractivity contribution in [1.29, 1.82) is 0 Å². The van der Waals surface area contributed by atoms with Crippen LogP contribution >= 0.6 is 0 Å². The van der Waals surface area contributed by atoms with Crippen molar-refractivity contribution in [2.45, 2.75) is 18.7 Å². The maximum absolute atomic E-state index is 13.5. The largest absolute Gasteiger partial charge is 0.495 e. The van der Waals surface area contributed by atoms with Crippen LogP contribution in [0.15, 0.2) is 82.8 Å². The lowest BCUT2D eigenvalue weighted by atomic mass is 10.2. The lowest BCUT2D eigenvalue weighted by Gasteiger charge is -2.25. The summed E-state index contributed by atoms with van der Waals surface area (Å²) in [6.07, 6.45) is 1.39. The number of amides is 1. The van der Waals surface area contributed by atoms with Gasteiger partial charge in [-0.05, 0) is 61.0 Å². The van der Waals surface area contributed by atoms with Gasteiger partial charge in [0, 0.05) is 6.92 Å². The molecule has 1 amide bonds. The molecule has 1 N–H and O–H groups in total. The summed E-state index contributed by atoms with van der Waals surface area (Å²) >= 11 is 0. The van der Waals surface area contributed by atoms with E-state index in [1.165, 1.54) is 32.4 Å². The number of para-hydroxylation sites is 2. The second-order valence-electron chi connectivity index (χ2n) is 7.45. The van der Waals surface area contributed by atoms with E-state index in [0.29, 0.717) is 17.1 Å². The average Bonchev–Trinajstić information content (AvgIpc) is 2.83. The molecule has 0 aromatic heterocycles. The highest BCUT2D eigenvalue weighted by molar-refractivity contribution is 7.92. The van der Waals surface area contributed by atoms with Crippen LogP contribution in [0, 0.1) is 6.92 Å². The molecule has 0 spiro atoms. The molecule has 0 aliphatic heterocycles. The van der Waals surface area contributed by atoms with Gasteiger partial charge in [-0.15, -0.1) is 0 Å². The maximum atomic E-state index is 13.5. The molecule has 0 unspecified atom stereocenters. The third-order valence-electron chi connectivity index (χ3n) is 4.79. The minimum Gasteiger partial charge on any atom is -0.495 e. The number of sulfonamides is 1. The van der Waals surface area contributed by atoms with Gasteiger partial charge < -0.3 is 9.47 Å². The number of ether oxygens (including phenoxy) is 2. The van der Waals surface area contributed by atoms with E-state index < -0.39 is 28.4 Å². The molecule has 9 nitrogen and oxygen atoms in total. The van der Waals surface area contributed by atoms with Crippen LogP contribution in [-0.2, 0) is 19.6 Å². The summed E-state index contributed by atoms with van der Waals surface area (Å²) in [6, 6.07) is 19.4. The van der Waals surface area contributed by atoms with Gasteiger partial charge in [-0.25, -0.2) is 13.8 Å². The van der Waals surface area contributed by atoms with Crippen LogP contribution in [0.2, 0.25) is 0 Å². The van der Waals surface area contributed by atoms with Crippen molar-refractivity contribution in [3.05, 3.63) is 83.9 Å². The minimum absolute atomic E-state index is 0.0400. The molecule has 0 aliphatic rings. The monoisotopic (exact) mass is 495 g/mol. The molecule has 0 heterocycles. The fourth-order valence-electron chi connectivity index (χ4n) is 3.11. The van der Waals surface area contributed by atoms with E-state index >= 15 is 0 Å². The van der Waals surface area contributed by atoms with E-state index in [1.807, 2.05) is 6.92 Å². The van der Waals surface area contributed by atoms with Crippen LogP contribution in [0.4, 0.5) is 5.69 Å². The van der Waals surface area contributed by atoms with Gasteiger partial charge in [-0.1, -0.05) is 29.8 Å². The Bertz CT molecular complexity index is 1320. The molecule has 0 aliphatic carbocycles. The van der Waals surface area contributed by atoms with Gasteiger partial charge in [-0.3, -0.25) is 13.9 Å². The number of benzene rings is 3. The number of hydrazone groups is 1. The van der Waals surface area contributed by atoms with Crippen molar-refractivity contribution in [3.63, 3.8) is 0 Å². The Hall–Kier alpha value is -4.18. The fourth-order valence-corrected chi connectivity index (χ4v) is 4.54. The van der Waals surface area contributed by atoms with Crippen LogP contribution in [0.25, 0.3) is 0 Å². The number of nitrogens with one attached hydrogen (secondary N) is 1. The summed E-state index contributed by atoms with van der Waals surface area (Å²) in [4.78, 5) is 23.7. The number of nitrogens with zero attached hydrogens (tertiary/aromatic N) is 2. The maximum Gasteiger partial charge on any atom is 0.308 e. The summed E-state index contributed by atoms with van der Waals surface area (Å²) < 4.78 is 38.2. The first-order chi connectivity index (χ1) is 16.7. The summed E-state index contributed by atoms with van der Waals surface area (Å²) in [6.45, 7) is 2.63. The Morgan fingerprint density at radius 2 is 1.66 bits per heavy atom. The van der Waals surface area contributed by atoms with Crippen LogP contribution in [0.5, 0.6) is 11.5 Å². The molecular formula is C25H25N3O6S. The molecule has 182 valence electrons. The number of anilines is 1. The number of hydrogen-bond acceptors (Lipinski definition) is 7. The molecule has 0 saturated heterocycles. The average molecular weight is 496 g/mol. The molecule has 0 saturated carbocycles. The van der Waals surface area contributed by atoms with Gasteiger partial charge in [-0.2, -0.15) is 5.10 Å². The highest BCUT2D eigenvalue weighted by atomic mass is 32.2. The van der Waals surface area contributed by atoms with Crippen molar-refractivity contribution in [2.24, 2.45) is 5.10 Å². The van der Waals surface area contributed by atoms with E-state index in [-0.39, 0.29) is 10.6 Å². The van der Waals surface area contributed by atoms with Crippen molar-refractivity contribution >= 4 is 33.8 Å². The Kier molecular flexibility index (Phi) is 8.21. The first-order valence-electron chi connectivity index (χ1n) is 10.5. The number of carbonyl (C=O) groups is 2. The third kappa shape index (κ3) is 6.67. The molecule has 0 radical (unpaired) electrons.